The number of anilines is 1. The molecule has 1 rings (SSSR count). The van der Waals surface area contributed by atoms with Gasteiger partial charge in [0.15, 0.2) is 0 Å². The number of nitrogens with one attached hydrogen (secondary N) is 1. The van der Waals surface area contributed by atoms with E-state index in [2.05, 4.69) is 5.32 Å². The van der Waals surface area contributed by atoms with Crippen molar-refractivity contribution < 1.29 is 14.3 Å². The summed E-state index contributed by atoms with van der Waals surface area (Å²) in [4.78, 5) is 10.6. The second kappa shape index (κ2) is 5.49. The number of hydrogen-bond donors (Lipinski definition) is 2. The van der Waals surface area contributed by atoms with Crippen LogP contribution in [0.25, 0.3) is 0 Å². The molecule has 0 saturated carbocycles. The van der Waals surface area contributed by atoms with Crippen molar-refractivity contribution in [3.8, 4) is 0 Å². The molecular weight excluding hydrogens is 209 g/mol. The average Bonchev–Trinajstić information content (AvgIpc) is 2.18. The van der Waals surface area contributed by atoms with Gasteiger partial charge in [-0.05, 0) is 18.1 Å². The third-order valence-electron chi connectivity index (χ3n) is 2.15. The number of benzene rings is 1. The van der Waals surface area contributed by atoms with Gasteiger partial charge in [-0.3, -0.25) is 4.79 Å². The second-order valence-corrected chi connectivity index (χ2v) is 4.11. The molecule has 0 spiro atoms. The molecule has 0 bridgehead atoms. The molecule has 0 fully saturated rings. The third-order valence-corrected chi connectivity index (χ3v) is 2.15. The summed E-state index contributed by atoms with van der Waals surface area (Å²) in [5.41, 5.74) is 0.784. The fraction of sp³-hybridized carbons (Fsp3) is 0.417. The molecule has 0 atom stereocenters. The van der Waals surface area contributed by atoms with Gasteiger partial charge in [-0.25, -0.2) is 4.39 Å². The van der Waals surface area contributed by atoms with E-state index in [9.17, 15) is 9.18 Å². The Balaban J connectivity index is 2.89. The zero-order chi connectivity index (χ0) is 12.1. The standard InChI is InChI=1S/C12H16FNO2/c1-8(2)7-14-11-5-3-4-10(13)9(11)6-12(15)16/h3-5,8,14H,6-7H2,1-2H3,(H,15,16). The first-order valence-electron chi connectivity index (χ1n) is 5.23. The summed E-state index contributed by atoms with van der Waals surface area (Å²) in [6.07, 6.45) is -0.299. The van der Waals surface area contributed by atoms with Crippen LogP contribution in [0.5, 0.6) is 0 Å². The molecule has 0 saturated heterocycles. The maximum Gasteiger partial charge on any atom is 0.308 e. The van der Waals surface area contributed by atoms with Crippen molar-refractivity contribution >= 4 is 11.7 Å². The SMILES string of the molecule is CC(C)CNc1cccc(F)c1CC(=O)O. The van der Waals surface area contributed by atoms with Crippen molar-refractivity contribution in [2.75, 3.05) is 11.9 Å². The van der Waals surface area contributed by atoms with Crippen LogP contribution >= 0.6 is 0 Å². The minimum atomic E-state index is -1.03. The van der Waals surface area contributed by atoms with Crippen LogP contribution in [0.4, 0.5) is 10.1 Å². The van der Waals surface area contributed by atoms with Crippen molar-refractivity contribution in [1.82, 2.24) is 0 Å². The first kappa shape index (κ1) is 12.5. The number of halogens is 1. The molecule has 3 nitrogen and oxygen atoms in total. The smallest absolute Gasteiger partial charge is 0.308 e. The second-order valence-electron chi connectivity index (χ2n) is 4.11. The van der Waals surface area contributed by atoms with Crippen LogP contribution < -0.4 is 5.32 Å². The van der Waals surface area contributed by atoms with Crippen molar-refractivity contribution in [1.29, 1.82) is 0 Å². The highest BCUT2D eigenvalue weighted by Crippen LogP contribution is 2.20. The van der Waals surface area contributed by atoms with Gasteiger partial charge >= 0.3 is 5.97 Å². The summed E-state index contributed by atoms with van der Waals surface area (Å²) in [7, 11) is 0. The first-order chi connectivity index (χ1) is 7.50. The summed E-state index contributed by atoms with van der Waals surface area (Å²) < 4.78 is 13.4. The van der Waals surface area contributed by atoms with Gasteiger partial charge in [0.1, 0.15) is 5.82 Å². The molecular formula is C12H16FNO2. The van der Waals surface area contributed by atoms with E-state index in [0.29, 0.717) is 18.2 Å². The lowest BCUT2D eigenvalue weighted by Crippen LogP contribution is -2.12. The van der Waals surface area contributed by atoms with E-state index in [0.717, 1.165) is 0 Å². The molecule has 4 heteroatoms. The van der Waals surface area contributed by atoms with Crippen LogP contribution in [0, 0.1) is 11.7 Å². The number of rotatable bonds is 5. The molecule has 0 aliphatic rings. The van der Waals surface area contributed by atoms with Crippen molar-refractivity contribution in [3.05, 3.63) is 29.6 Å². The highest BCUT2D eigenvalue weighted by atomic mass is 19.1. The molecule has 0 amide bonds. The largest absolute Gasteiger partial charge is 0.481 e. The molecule has 2 N–H and O–H groups in total. The summed E-state index contributed by atoms with van der Waals surface area (Å²) >= 11 is 0. The summed E-state index contributed by atoms with van der Waals surface area (Å²) in [5, 5.41) is 11.8. The van der Waals surface area contributed by atoms with Crippen LogP contribution in [0.15, 0.2) is 18.2 Å². The van der Waals surface area contributed by atoms with Crippen molar-refractivity contribution in [3.63, 3.8) is 0 Å². The lowest BCUT2D eigenvalue weighted by molar-refractivity contribution is -0.136. The molecule has 0 heterocycles. The van der Waals surface area contributed by atoms with E-state index in [1.807, 2.05) is 13.8 Å². The fourth-order valence-electron chi connectivity index (χ4n) is 1.37. The van der Waals surface area contributed by atoms with Gasteiger partial charge in [-0.1, -0.05) is 19.9 Å². The van der Waals surface area contributed by atoms with Gasteiger partial charge in [-0.2, -0.15) is 0 Å². The molecule has 0 aromatic heterocycles. The maximum absolute atomic E-state index is 13.4. The lowest BCUT2D eigenvalue weighted by atomic mass is 10.1. The third kappa shape index (κ3) is 3.53. The van der Waals surface area contributed by atoms with Crippen LogP contribution in [0.2, 0.25) is 0 Å². The van der Waals surface area contributed by atoms with Crippen LogP contribution in [-0.4, -0.2) is 17.6 Å². The molecule has 1 aromatic carbocycles. The lowest BCUT2D eigenvalue weighted by Gasteiger charge is -2.13. The quantitative estimate of drug-likeness (QED) is 0.809. The van der Waals surface area contributed by atoms with E-state index in [4.69, 9.17) is 5.11 Å². The molecule has 16 heavy (non-hydrogen) atoms. The number of carboxylic acid groups (broad SMARTS) is 1. The Morgan fingerprint density at radius 3 is 2.75 bits per heavy atom. The minimum absolute atomic E-state index is 0.218. The number of hydrogen-bond acceptors (Lipinski definition) is 2. The van der Waals surface area contributed by atoms with Gasteiger partial charge in [0.05, 0.1) is 6.42 Å². The van der Waals surface area contributed by atoms with Crippen LogP contribution in [0.3, 0.4) is 0 Å². The van der Waals surface area contributed by atoms with Gasteiger partial charge in [0.2, 0.25) is 0 Å². The Labute approximate surface area is 94.3 Å². The zero-order valence-electron chi connectivity index (χ0n) is 9.46. The van der Waals surface area contributed by atoms with Gasteiger partial charge in [-0.15, -0.1) is 0 Å². The Bertz CT molecular complexity index is 377. The summed E-state index contributed by atoms with van der Waals surface area (Å²) in [6, 6.07) is 4.55. The van der Waals surface area contributed by atoms with E-state index < -0.39 is 11.8 Å². The minimum Gasteiger partial charge on any atom is -0.481 e. The number of aliphatic carboxylic acids is 1. The van der Waals surface area contributed by atoms with Gasteiger partial charge in [0.25, 0.3) is 0 Å². The average molecular weight is 225 g/mol. The normalized spacial score (nSPS) is 10.5. The van der Waals surface area contributed by atoms with Crippen LogP contribution in [0.1, 0.15) is 19.4 Å². The summed E-state index contributed by atoms with van der Waals surface area (Å²) in [5.74, 6) is -1.09. The van der Waals surface area contributed by atoms with Crippen molar-refractivity contribution in [2.24, 2.45) is 5.92 Å². The molecule has 0 aliphatic carbocycles. The molecule has 0 aliphatic heterocycles. The predicted octanol–water partition coefficient (Wildman–Crippen LogP) is 2.52. The fourth-order valence-corrected chi connectivity index (χ4v) is 1.37. The van der Waals surface area contributed by atoms with E-state index in [1.165, 1.54) is 6.07 Å². The maximum atomic E-state index is 13.4. The monoisotopic (exact) mass is 225 g/mol. The van der Waals surface area contributed by atoms with E-state index in [-0.39, 0.29) is 12.0 Å². The Morgan fingerprint density at radius 1 is 1.50 bits per heavy atom. The number of carbonyl (C=O) groups is 1. The Morgan fingerprint density at radius 2 is 2.19 bits per heavy atom. The zero-order valence-corrected chi connectivity index (χ0v) is 9.46. The van der Waals surface area contributed by atoms with Gasteiger partial charge in [0, 0.05) is 17.8 Å². The highest BCUT2D eigenvalue weighted by molar-refractivity contribution is 5.73. The topological polar surface area (TPSA) is 49.3 Å². The van der Waals surface area contributed by atoms with Gasteiger partial charge < -0.3 is 10.4 Å². The van der Waals surface area contributed by atoms with E-state index >= 15 is 0 Å². The Kier molecular flexibility index (Phi) is 4.28. The van der Waals surface area contributed by atoms with Crippen molar-refractivity contribution in [2.45, 2.75) is 20.3 Å². The Hall–Kier alpha value is -1.58. The first-order valence-corrected chi connectivity index (χ1v) is 5.23. The predicted molar refractivity (Wildman–Crippen MR) is 61.1 cm³/mol. The summed E-state index contributed by atoms with van der Waals surface area (Å²) in [6.45, 7) is 4.75. The van der Waals surface area contributed by atoms with E-state index in [1.54, 1.807) is 12.1 Å². The molecule has 1 aromatic rings. The number of carboxylic acids is 1. The highest BCUT2D eigenvalue weighted by Gasteiger charge is 2.11. The molecule has 0 radical (unpaired) electrons. The molecule has 88 valence electrons. The molecule has 0 unspecified atom stereocenters. The van der Waals surface area contributed by atoms with Crippen LogP contribution in [-0.2, 0) is 11.2 Å².